The minimum absolute atomic E-state index is 0.101. The Labute approximate surface area is 113 Å². The van der Waals surface area contributed by atoms with E-state index in [0.717, 1.165) is 0 Å². The predicted molar refractivity (Wildman–Crippen MR) is 68.8 cm³/mol. The van der Waals surface area contributed by atoms with Crippen molar-refractivity contribution in [2.24, 2.45) is 0 Å². The first-order valence-electron chi connectivity index (χ1n) is 5.04. The van der Waals surface area contributed by atoms with Gasteiger partial charge in [-0.25, -0.2) is 9.97 Å². The van der Waals surface area contributed by atoms with Gasteiger partial charge in [-0.3, -0.25) is 4.79 Å². The third-order valence-corrected chi connectivity index (χ3v) is 2.62. The molecular weight excluding hydrogens is 275 g/mol. The largest absolute Gasteiger partial charge is 0.481 e. The van der Waals surface area contributed by atoms with Crippen molar-refractivity contribution in [1.29, 1.82) is 0 Å². The molecule has 0 fully saturated rings. The highest BCUT2D eigenvalue weighted by molar-refractivity contribution is 6.35. The second-order valence-corrected chi connectivity index (χ2v) is 4.52. The number of aliphatic carboxylic acids is 1. The summed E-state index contributed by atoms with van der Waals surface area (Å²) in [5.74, 6) is -0.467. The number of nitrogens with zero attached hydrogens (tertiary/aromatic N) is 2. The first-order chi connectivity index (χ1) is 8.54. The van der Waals surface area contributed by atoms with Crippen molar-refractivity contribution >= 4 is 29.2 Å². The quantitative estimate of drug-likeness (QED) is 0.940. The fourth-order valence-corrected chi connectivity index (χ4v) is 1.98. The molecule has 18 heavy (non-hydrogen) atoms. The van der Waals surface area contributed by atoms with Crippen LogP contribution >= 0.6 is 23.2 Å². The van der Waals surface area contributed by atoms with Gasteiger partial charge in [-0.2, -0.15) is 0 Å². The topological polar surface area (TPSA) is 63.1 Å². The summed E-state index contributed by atoms with van der Waals surface area (Å²) in [5, 5.41) is 9.63. The van der Waals surface area contributed by atoms with Gasteiger partial charge < -0.3 is 5.11 Å². The maximum Gasteiger partial charge on any atom is 0.307 e. The molecule has 0 aliphatic rings. The fourth-order valence-electron chi connectivity index (χ4n) is 1.45. The summed E-state index contributed by atoms with van der Waals surface area (Å²) in [4.78, 5) is 18.7. The van der Waals surface area contributed by atoms with Gasteiger partial charge in [0.25, 0.3) is 0 Å². The van der Waals surface area contributed by atoms with Crippen LogP contribution in [0.25, 0.3) is 11.4 Å². The van der Waals surface area contributed by atoms with Gasteiger partial charge in [-0.1, -0.05) is 23.2 Å². The van der Waals surface area contributed by atoms with Crippen molar-refractivity contribution in [1.82, 2.24) is 9.97 Å². The molecule has 0 saturated heterocycles. The van der Waals surface area contributed by atoms with Gasteiger partial charge in [0.1, 0.15) is 0 Å². The van der Waals surface area contributed by atoms with Crippen LogP contribution < -0.4 is 0 Å². The number of hydrogen-bond acceptors (Lipinski definition) is 3. The Morgan fingerprint density at radius 1 is 1.11 bits per heavy atom. The lowest BCUT2D eigenvalue weighted by atomic mass is 10.2. The molecule has 0 radical (unpaired) electrons. The van der Waals surface area contributed by atoms with Crippen molar-refractivity contribution in [2.75, 3.05) is 0 Å². The second kappa shape index (κ2) is 5.33. The highest BCUT2D eigenvalue weighted by Gasteiger charge is 2.06. The maximum atomic E-state index is 10.5. The Morgan fingerprint density at radius 3 is 2.17 bits per heavy atom. The summed E-state index contributed by atoms with van der Waals surface area (Å²) in [5.41, 5.74) is 1.23. The van der Waals surface area contributed by atoms with Gasteiger partial charge in [0.15, 0.2) is 5.82 Å². The molecule has 92 valence electrons. The van der Waals surface area contributed by atoms with Crippen LogP contribution in [0.2, 0.25) is 10.0 Å². The van der Waals surface area contributed by atoms with Gasteiger partial charge in [0.05, 0.1) is 6.42 Å². The predicted octanol–water partition coefficient (Wildman–Crippen LogP) is 3.08. The molecule has 0 atom stereocenters. The Bertz CT molecular complexity index is 565. The van der Waals surface area contributed by atoms with Gasteiger partial charge >= 0.3 is 5.97 Å². The van der Waals surface area contributed by atoms with E-state index in [1.165, 1.54) is 12.4 Å². The number of halogens is 2. The summed E-state index contributed by atoms with van der Waals surface area (Å²) >= 11 is 11.8. The molecule has 0 aliphatic heterocycles. The van der Waals surface area contributed by atoms with Crippen LogP contribution in [0.5, 0.6) is 0 Å². The lowest BCUT2D eigenvalue weighted by Gasteiger charge is -2.02. The highest BCUT2D eigenvalue weighted by Crippen LogP contribution is 2.24. The minimum atomic E-state index is -0.919. The molecule has 0 spiro atoms. The molecule has 0 aliphatic carbocycles. The Balaban J connectivity index is 2.31. The smallest absolute Gasteiger partial charge is 0.307 e. The van der Waals surface area contributed by atoms with Gasteiger partial charge in [-0.05, 0) is 23.8 Å². The maximum absolute atomic E-state index is 10.5. The summed E-state index contributed by atoms with van der Waals surface area (Å²) in [6.07, 6.45) is 2.85. The zero-order chi connectivity index (χ0) is 13.1. The molecule has 2 aromatic rings. The number of carbonyl (C=O) groups is 1. The second-order valence-electron chi connectivity index (χ2n) is 3.64. The Kier molecular flexibility index (Phi) is 3.79. The van der Waals surface area contributed by atoms with Gasteiger partial charge in [-0.15, -0.1) is 0 Å². The van der Waals surface area contributed by atoms with E-state index < -0.39 is 5.97 Å². The molecule has 0 saturated carbocycles. The van der Waals surface area contributed by atoms with E-state index in [4.69, 9.17) is 28.3 Å². The monoisotopic (exact) mass is 282 g/mol. The number of carboxylic acid groups (broad SMARTS) is 1. The molecule has 0 unspecified atom stereocenters. The number of carboxylic acids is 1. The lowest BCUT2D eigenvalue weighted by Crippen LogP contribution is -2.01. The number of benzene rings is 1. The molecule has 2 rings (SSSR count). The van der Waals surface area contributed by atoms with Crippen LogP contribution in [-0.4, -0.2) is 21.0 Å². The third-order valence-electron chi connectivity index (χ3n) is 2.18. The van der Waals surface area contributed by atoms with E-state index >= 15 is 0 Å². The number of hydrogen-bond donors (Lipinski definition) is 1. The van der Waals surface area contributed by atoms with Crippen molar-refractivity contribution in [3.8, 4) is 11.4 Å². The van der Waals surface area contributed by atoms with Crippen molar-refractivity contribution in [3.63, 3.8) is 0 Å². The Hall–Kier alpha value is -1.65. The number of rotatable bonds is 3. The molecule has 4 nitrogen and oxygen atoms in total. The van der Waals surface area contributed by atoms with Crippen LogP contribution in [0.1, 0.15) is 5.56 Å². The first kappa shape index (κ1) is 12.8. The molecule has 1 aromatic heterocycles. The standard InChI is InChI=1S/C12H8Cl2N2O2/c13-9-2-8(3-10(14)4-9)12-15-5-7(6-16-12)1-11(17)18/h2-6H,1H2,(H,17,18). The van der Waals surface area contributed by atoms with Crippen molar-refractivity contribution in [2.45, 2.75) is 6.42 Å². The van der Waals surface area contributed by atoms with E-state index in [0.29, 0.717) is 27.0 Å². The van der Waals surface area contributed by atoms with Crippen molar-refractivity contribution in [3.05, 3.63) is 46.2 Å². The lowest BCUT2D eigenvalue weighted by molar-refractivity contribution is -0.136. The summed E-state index contributed by atoms with van der Waals surface area (Å²) < 4.78 is 0. The third kappa shape index (κ3) is 3.18. The van der Waals surface area contributed by atoms with E-state index in [-0.39, 0.29) is 6.42 Å². The molecule has 1 heterocycles. The van der Waals surface area contributed by atoms with Gasteiger partial charge in [0.2, 0.25) is 0 Å². The van der Waals surface area contributed by atoms with Crippen LogP contribution in [0, 0.1) is 0 Å². The molecule has 6 heteroatoms. The Morgan fingerprint density at radius 2 is 1.67 bits per heavy atom. The zero-order valence-electron chi connectivity index (χ0n) is 9.10. The molecule has 0 bridgehead atoms. The normalized spacial score (nSPS) is 10.3. The first-order valence-corrected chi connectivity index (χ1v) is 5.79. The molecule has 1 N–H and O–H groups in total. The van der Waals surface area contributed by atoms with Crippen LogP contribution in [0.3, 0.4) is 0 Å². The molecular formula is C12H8Cl2N2O2. The fraction of sp³-hybridized carbons (Fsp3) is 0.0833. The van der Waals surface area contributed by atoms with E-state index in [2.05, 4.69) is 9.97 Å². The zero-order valence-corrected chi connectivity index (χ0v) is 10.6. The summed E-state index contributed by atoms with van der Waals surface area (Å²) in [7, 11) is 0. The summed E-state index contributed by atoms with van der Waals surface area (Å²) in [6, 6.07) is 5.00. The van der Waals surface area contributed by atoms with Crippen molar-refractivity contribution < 1.29 is 9.90 Å². The molecule has 0 amide bonds. The molecule has 1 aromatic carbocycles. The SMILES string of the molecule is O=C(O)Cc1cnc(-c2cc(Cl)cc(Cl)c2)nc1. The van der Waals surface area contributed by atoms with Crippen LogP contribution in [0.15, 0.2) is 30.6 Å². The summed E-state index contributed by atoms with van der Waals surface area (Å²) in [6.45, 7) is 0. The van der Waals surface area contributed by atoms with E-state index in [9.17, 15) is 4.79 Å². The number of aromatic nitrogens is 2. The average molecular weight is 283 g/mol. The van der Waals surface area contributed by atoms with Crippen LogP contribution in [-0.2, 0) is 11.2 Å². The van der Waals surface area contributed by atoms with Crippen LogP contribution in [0.4, 0.5) is 0 Å². The van der Waals surface area contributed by atoms with E-state index in [1.807, 2.05) is 0 Å². The highest BCUT2D eigenvalue weighted by atomic mass is 35.5. The van der Waals surface area contributed by atoms with Gasteiger partial charge in [0, 0.05) is 28.0 Å². The average Bonchev–Trinajstić information content (AvgIpc) is 2.27. The minimum Gasteiger partial charge on any atom is -0.481 e. The van der Waals surface area contributed by atoms with E-state index in [1.54, 1.807) is 18.2 Å².